The molecule has 2 aromatic rings. The van der Waals surface area contributed by atoms with Crippen LogP contribution in [0.4, 0.5) is 13.2 Å². The van der Waals surface area contributed by atoms with Gasteiger partial charge in [-0.2, -0.15) is 0 Å². The van der Waals surface area contributed by atoms with Gasteiger partial charge in [-0.05, 0) is 112 Å². The predicted molar refractivity (Wildman–Crippen MR) is 140 cm³/mol. The molecule has 3 heteroatoms. The molecule has 0 amide bonds. The normalized spacial score (nSPS) is 24.8. The van der Waals surface area contributed by atoms with Gasteiger partial charge in [0.15, 0.2) is 11.6 Å². The van der Waals surface area contributed by atoms with Crippen molar-refractivity contribution in [2.45, 2.75) is 84.0 Å². The van der Waals surface area contributed by atoms with Crippen molar-refractivity contribution in [3.05, 3.63) is 83.2 Å². The number of benzene rings is 2. The highest BCUT2D eigenvalue weighted by Crippen LogP contribution is 2.49. The molecule has 4 unspecified atom stereocenters. The van der Waals surface area contributed by atoms with Crippen LogP contribution in [0.5, 0.6) is 0 Å². The van der Waals surface area contributed by atoms with Gasteiger partial charge in [-0.1, -0.05) is 55.0 Å². The van der Waals surface area contributed by atoms with Crippen molar-refractivity contribution in [1.29, 1.82) is 0 Å². The predicted octanol–water partition coefficient (Wildman–Crippen LogP) is 9.94. The molecule has 35 heavy (non-hydrogen) atoms. The van der Waals surface area contributed by atoms with Gasteiger partial charge in [-0.15, -0.1) is 0 Å². The second-order valence-corrected chi connectivity index (χ2v) is 10.6. The fraction of sp³-hybridized carbons (Fsp3) is 0.500. The molecule has 0 nitrogen and oxygen atoms in total. The highest BCUT2D eigenvalue weighted by molar-refractivity contribution is 5.66. The first-order valence-corrected chi connectivity index (χ1v) is 13.5. The average molecular weight is 481 g/mol. The number of rotatable bonds is 8. The Labute approximate surface area is 209 Å². The van der Waals surface area contributed by atoms with Gasteiger partial charge in [0, 0.05) is 11.1 Å². The molecule has 2 saturated carbocycles. The van der Waals surface area contributed by atoms with Crippen molar-refractivity contribution < 1.29 is 13.2 Å². The topological polar surface area (TPSA) is 0 Å². The average Bonchev–Trinajstić information content (AvgIpc) is 2.86. The van der Waals surface area contributed by atoms with E-state index in [1.165, 1.54) is 31.7 Å². The molecule has 0 N–H and O–H groups in total. The van der Waals surface area contributed by atoms with E-state index in [0.29, 0.717) is 11.5 Å². The molecular weight excluding hydrogens is 441 g/mol. The largest absolute Gasteiger partial charge is 0.206 e. The zero-order valence-electron chi connectivity index (χ0n) is 21.2. The van der Waals surface area contributed by atoms with Gasteiger partial charge < -0.3 is 0 Å². The molecule has 2 aliphatic carbocycles. The molecule has 0 spiro atoms. The maximum atomic E-state index is 15.3. The first-order valence-electron chi connectivity index (χ1n) is 13.5. The lowest BCUT2D eigenvalue weighted by atomic mass is 9.63. The van der Waals surface area contributed by atoms with Gasteiger partial charge in [0.2, 0.25) is 0 Å². The number of hydrogen-bond acceptors (Lipinski definition) is 0. The maximum absolute atomic E-state index is 15.3. The van der Waals surface area contributed by atoms with Gasteiger partial charge in [-0.3, -0.25) is 0 Å². The lowest BCUT2D eigenvalue weighted by Crippen LogP contribution is -2.30. The van der Waals surface area contributed by atoms with Crippen molar-refractivity contribution in [3.63, 3.8) is 0 Å². The highest BCUT2D eigenvalue weighted by atomic mass is 19.2. The Morgan fingerprint density at radius 2 is 1.49 bits per heavy atom. The molecule has 2 aliphatic rings. The van der Waals surface area contributed by atoms with Crippen molar-refractivity contribution in [1.82, 2.24) is 0 Å². The number of halogens is 3. The number of allylic oxidation sites excluding steroid dienone is 4. The Morgan fingerprint density at radius 1 is 0.771 bits per heavy atom. The monoisotopic (exact) mass is 480 g/mol. The number of hydrogen-bond donors (Lipinski definition) is 0. The van der Waals surface area contributed by atoms with Gasteiger partial charge in [0.1, 0.15) is 5.82 Å². The molecule has 0 radical (unpaired) electrons. The Hall–Kier alpha value is -2.29. The minimum absolute atomic E-state index is 0.0130. The van der Waals surface area contributed by atoms with Crippen molar-refractivity contribution in [2.75, 3.05) is 0 Å². The maximum Gasteiger partial charge on any atom is 0.167 e. The third-order valence-electron chi connectivity index (χ3n) is 8.41. The summed E-state index contributed by atoms with van der Waals surface area (Å²) >= 11 is 0. The fourth-order valence-electron chi connectivity index (χ4n) is 6.47. The van der Waals surface area contributed by atoms with Crippen molar-refractivity contribution >= 4 is 0 Å². The minimum Gasteiger partial charge on any atom is -0.206 e. The zero-order chi connectivity index (χ0) is 24.8. The van der Waals surface area contributed by atoms with E-state index in [9.17, 15) is 4.39 Å². The Bertz CT molecular complexity index is 1050. The smallest absolute Gasteiger partial charge is 0.167 e. The first kappa shape index (κ1) is 25.8. The number of fused-ring (bicyclic) bond motifs is 1. The van der Waals surface area contributed by atoms with E-state index in [1.807, 2.05) is 25.1 Å². The Balaban J connectivity index is 1.44. The van der Waals surface area contributed by atoms with Gasteiger partial charge >= 0.3 is 0 Å². The quantitative estimate of drug-likeness (QED) is 0.330. The van der Waals surface area contributed by atoms with Gasteiger partial charge in [0.25, 0.3) is 0 Å². The van der Waals surface area contributed by atoms with Crippen molar-refractivity contribution in [2.24, 2.45) is 17.8 Å². The summed E-state index contributed by atoms with van der Waals surface area (Å²) in [6, 6.07) is 8.12. The zero-order valence-corrected chi connectivity index (χ0v) is 21.2. The van der Waals surface area contributed by atoms with E-state index in [2.05, 4.69) is 19.1 Å². The molecule has 0 bridgehead atoms. The SMILES string of the molecule is C/C=C/CCc1ccc(-c2ccc(C3CCC4CC(CC/C=C/C)CCC4C3)c(F)c2F)c(F)c1. The van der Waals surface area contributed by atoms with Crippen LogP contribution in [0.25, 0.3) is 11.1 Å². The Kier molecular flexibility index (Phi) is 8.92. The van der Waals surface area contributed by atoms with Crippen LogP contribution >= 0.6 is 0 Å². The molecule has 2 fully saturated rings. The van der Waals surface area contributed by atoms with Crippen LogP contribution < -0.4 is 0 Å². The highest BCUT2D eigenvalue weighted by Gasteiger charge is 2.37. The molecule has 2 aromatic carbocycles. The molecule has 0 heterocycles. The van der Waals surface area contributed by atoms with Crippen LogP contribution in [0.2, 0.25) is 0 Å². The summed E-state index contributed by atoms with van der Waals surface area (Å²) < 4.78 is 45.3. The van der Waals surface area contributed by atoms with Crippen LogP contribution in [0, 0.1) is 35.2 Å². The van der Waals surface area contributed by atoms with Crippen LogP contribution in [0.15, 0.2) is 54.6 Å². The summed E-state index contributed by atoms with van der Waals surface area (Å²) in [5.41, 5.74) is 1.47. The Morgan fingerprint density at radius 3 is 2.26 bits per heavy atom. The van der Waals surface area contributed by atoms with E-state index < -0.39 is 17.5 Å². The summed E-state index contributed by atoms with van der Waals surface area (Å²) in [6.45, 7) is 4.03. The first-order chi connectivity index (χ1) is 17.0. The fourth-order valence-corrected chi connectivity index (χ4v) is 6.47. The third kappa shape index (κ3) is 6.11. The molecule has 4 atom stereocenters. The molecule has 0 aliphatic heterocycles. The van der Waals surface area contributed by atoms with Crippen LogP contribution in [0.1, 0.15) is 88.7 Å². The molecular formula is C32H39F3. The van der Waals surface area contributed by atoms with Gasteiger partial charge in [0.05, 0.1) is 0 Å². The second kappa shape index (κ2) is 12.1. The summed E-state index contributed by atoms with van der Waals surface area (Å²) in [7, 11) is 0. The van der Waals surface area contributed by atoms with Crippen LogP contribution in [-0.4, -0.2) is 0 Å². The summed E-state index contributed by atoms with van der Waals surface area (Å²) in [5.74, 6) is -0.00848. The van der Waals surface area contributed by atoms with Crippen LogP contribution in [-0.2, 0) is 6.42 Å². The molecule has 0 saturated heterocycles. The van der Waals surface area contributed by atoms with E-state index in [0.717, 1.165) is 55.9 Å². The molecule has 188 valence electrons. The number of aryl methyl sites for hydroxylation is 1. The van der Waals surface area contributed by atoms with E-state index in [4.69, 9.17) is 0 Å². The summed E-state index contributed by atoms with van der Waals surface area (Å²) in [5, 5.41) is 0. The standard InChI is InChI=1S/C32H39F3/c1-3-5-7-9-22-11-13-25-21-26(15-14-24(25)19-22)27-17-18-29(32(35)31(27)34)28-16-12-23(20-30(28)33)10-8-6-4-2/h3-6,12,16-18,20,22,24-26H,7-11,13-15,19,21H2,1-2H3/b5-3+,6-4+. The van der Waals surface area contributed by atoms with Gasteiger partial charge in [-0.25, -0.2) is 13.2 Å². The van der Waals surface area contributed by atoms with E-state index >= 15 is 8.78 Å². The van der Waals surface area contributed by atoms with Crippen LogP contribution in [0.3, 0.4) is 0 Å². The lowest BCUT2D eigenvalue weighted by molar-refractivity contribution is 0.114. The second-order valence-electron chi connectivity index (χ2n) is 10.6. The third-order valence-corrected chi connectivity index (χ3v) is 8.41. The minimum atomic E-state index is -0.919. The molecule has 0 aromatic heterocycles. The van der Waals surface area contributed by atoms with Crippen molar-refractivity contribution in [3.8, 4) is 11.1 Å². The molecule has 4 rings (SSSR count). The van der Waals surface area contributed by atoms with E-state index in [1.54, 1.807) is 18.2 Å². The lowest BCUT2D eigenvalue weighted by Gasteiger charge is -2.42. The summed E-state index contributed by atoms with van der Waals surface area (Å²) in [6.07, 6.45) is 19.1. The summed E-state index contributed by atoms with van der Waals surface area (Å²) in [4.78, 5) is 0. The van der Waals surface area contributed by atoms with E-state index in [-0.39, 0.29) is 17.0 Å².